The molecular weight excluding hydrogens is 250 g/mol. The Morgan fingerprint density at radius 3 is 2.85 bits per heavy atom. The smallest absolute Gasteiger partial charge is 0.146 e. The van der Waals surface area contributed by atoms with E-state index in [2.05, 4.69) is 38.2 Å². The largest absolute Gasteiger partial charge is 0.486 e. The topological polar surface area (TPSA) is 34.4 Å². The highest BCUT2D eigenvalue weighted by Crippen LogP contribution is 2.21. The lowest BCUT2D eigenvalue weighted by molar-refractivity contribution is 0.270. The maximum atomic E-state index is 5.79. The predicted molar refractivity (Wildman–Crippen MR) is 81.0 cm³/mol. The molecule has 0 unspecified atom stereocenters. The molecule has 0 radical (unpaired) electrons. The molecule has 0 aliphatic heterocycles. The molecule has 0 saturated carbocycles. The van der Waals surface area contributed by atoms with Crippen LogP contribution in [0.15, 0.2) is 41.0 Å². The number of furan rings is 1. The van der Waals surface area contributed by atoms with Crippen molar-refractivity contribution in [2.75, 3.05) is 6.54 Å². The van der Waals surface area contributed by atoms with Crippen molar-refractivity contribution in [3.05, 3.63) is 53.5 Å². The van der Waals surface area contributed by atoms with E-state index < -0.39 is 0 Å². The van der Waals surface area contributed by atoms with Gasteiger partial charge in [-0.1, -0.05) is 32.9 Å². The number of hydrogen-bond donors (Lipinski definition) is 1. The van der Waals surface area contributed by atoms with Crippen LogP contribution in [-0.4, -0.2) is 6.54 Å². The lowest BCUT2D eigenvalue weighted by Gasteiger charge is -2.08. The number of nitrogens with one attached hydrogen (secondary N) is 1. The second-order valence-electron chi connectivity index (χ2n) is 5.22. The summed E-state index contributed by atoms with van der Waals surface area (Å²) in [6, 6.07) is 10.3. The molecule has 0 bridgehead atoms. The maximum Gasteiger partial charge on any atom is 0.146 e. The summed E-state index contributed by atoms with van der Waals surface area (Å²) in [5.74, 6) is 2.25. The first-order chi connectivity index (χ1) is 9.69. The van der Waals surface area contributed by atoms with Gasteiger partial charge in [0, 0.05) is 12.1 Å². The number of benzene rings is 1. The highest BCUT2D eigenvalue weighted by atomic mass is 16.5. The van der Waals surface area contributed by atoms with Crippen molar-refractivity contribution in [1.82, 2.24) is 5.32 Å². The summed E-state index contributed by atoms with van der Waals surface area (Å²) in [5, 5.41) is 3.27. The van der Waals surface area contributed by atoms with Crippen molar-refractivity contribution in [2.45, 2.75) is 39.8 Å². The van der Waals surface area contributed by atoms with Gasteiger partial charge in [0.25, 0.3) is 0 Å². The summed E-state index contributed by atoms with van der Waals surface area (Å²) in [5.41, 5.74) is 2.44. The van der Waals surface area contributed by atoms with Crippen molar-refractivity contribution in [1.29, 1.82) is 0 Å². The van der Waals surface area contributed by atoms with Gasteiger partial charge in [0.05, 0.1) is 6.26 Å². The Labute approximate surface area is 121 Å². The first kappa shape index (κ1) is 14.7. The molecule has 0 amide bonds. The average Bonchev–Trinajstić information content (AvgIpc) is 2.91. The fourth-order valence-corrected chi connectivity index (χ4v) is 1.98. The van der Waals surface area contributed by atoms with Crippen LogP contribution >= 0.6 is 0 Å². The molecule has 0 spiro atoms. The molecule has 1 heterocycles. The van der Waals surface area contributed by atoms with Gasteiger partial charge in [0.1, 0.15) is 18.1 Å². The SMILES string of the molecule is CCNCc1coc(COc2cccc(C(C)C)c2)c1. The highest BCUT2D eigenvalue weighted by Gasteiger charge is 2.04. The molecule has 3 nitrogen and oxygen atoms in total. The minimum atomic E-state index is 0.466. The van der Waals surface area contributed by atoms with E-state index in [4.69, 9.17) is 9.15 Å². The fourth-order valence-electron chi connectivity index (χ4n) is 1.98. The van der Waals surface area contributed by atoms with E-state index in [-0.39, 0.29) is 0 Å². The molecule has 2 rings (SSSR count). The molecule has 0 saturated heterocycles. The van der Waals surface area contributed by atoms with E-state index >= 15 is 0 Å². The lowest BCUT2D eigenvalue weighted by atomic mass is 10.0. The fraction of sp³-hybridized carbons (Fsp3) is 0.412. The van der Waals surface area contributed by atoms with E-state index in [1.54, 1.807) is 6.26 Å². The van der Waals surface area contributed by atoms with Crippen molar-refractivity contribution in [2.24, 2.45) is 0 Å². The van der Waals surface area contributed by atoms with Crippen LogP contribution in [0.1, 0.15) is 43.6 Å². The Morgan fingerprint density at radius 1 is 1.25 bits per heavy atom. The van der Waals surface area contributed by atoms with Crippen LogP contribution in [0.4, 0.5) is 0 Å². The summed E-state index contributed by atoms with van der Waals surface area (Å²) < 4.78 is 11.3. The van der Waals surface area contributed by atoms with E-state index in [1.807, 2.05) is 18.2 Å². The first-order valence-corrected chi connectivity index (χ1v) is 7.18. The number of rotatable bonds is 7. The van der Waals surface area contributed by atoms with Crippen molar-refractivity contribution < 1.29 is 9.15 Å². The van der Waals surface area contributed by atoms with Crippen molar-refractivity contribution in [3.63, 3.8) is 0 Å². The summed E-state index contributed by atoms with van der Waals surface area (Å²) in [6.07, 6.45) is 1.78. The molecule has 1 aromatic heterocycles. The highest BCUT2D eigenvalue weighted by molar-refractivity contribution is 5.30. The normalized spacial score (nSPS) is 11.0. The van der Waals surface area contributed by atoms with Crippen LogP contribution in [0, 0.1) is 0 Å². The third-order valence-corrected chi connectivity index (χ3v) is 3.19. The molecule has 20 heavy (non-hydrogen) atoms. The van der Waals surface area contributed by atoms with Crippen LogP contribution < -0.4 is 10.1 Å². The Bertz CT molecular complexity index is 531. The summed E-state index contributed by atoms with van der Waals surface area (Å²) in [7, 11) is 0. The van der Waals surface area contributed by atoms with Crippen LogP contribution in [0.5, 0.6) is 5.75 Å². The van der Waals surface area contributed by atoms with E-state index in [1.165, 1.54) is 5.56 Å². The minimum Gasteiger partial charge on any atom is -0.486 e. The number of ether oxygens (including phenoxy) is 1. The Kier molecular flexibility index (Phi) is 5.24. The molecule has 1 N–H and O–H groups in total. The van der Waals surface area contributed by atoms with Gasteiger partial charge in [-0.3, -0.25) is 0 Å². The standard InChI is InChI=1S/C17H23NO2/c1-4-18-10-14-8-17(19-11-14)12-20-16-7-5-6-15(9-16)13(2)3/h5-9,11,13,18H,4,10,12H2,1-3H3. The second kappa shape index (κ2) is 7.15. The van der Waals surface area contributed by atoms with Gasteiger partial charge >= 0.3 is 0 Å². The Morgan fingerprint density at radius 2 is 2.10 bits per heavy atom. The van der Waals surface area contributed by atoms with Gasteiger partial charge < -0.3 is 14.5 Å². The van der Waals surface area contributed by atoms with Gasteiger partial charge in [0.15, 0.2) is 0 Å². The van der Waals surface area contributed by atoms with Crippen LogP contribution in [0.3, 0.4) is 0 Å². The average molecular weight is 273 g/mol. The Balaban J connectivity index is 1.91. The third-order valence-electron chi connectivity index (χ3n) is 3.19. The molecule has 1 aromatic carbocycles. The third kappa shape index (κ3) is 4.14. The van der Waals surface area contributed by atoms with Gasteiger partial charge in [-0.15, -0.1) is 0 Å². The van der Waals surface area contributed by atoms with E-state index in [0.717, 1.165) is 30.2 Å². The zero-order valence-electron chi connectivity index (χ0n) is 12.5. The van der Waals surface area contributed by atoms with Gasteiger partial charge in [-0.25, -0.2) is 0 Å². The molecule has 0 atom stereocenters. The zero-order chi connectivity index (χ0) is 14.4. The summed E-state index contributed by atoms with van der Waals surface area (Å²) >= 11 is 0. The number of hydrogen-bond acceptors (Lipinski definition) is 3. The van der Waals surface area contributed by atoms with E-state index in [9.17, 15) is 0 Å². The molecule has 0 aliphatic rings. The molecule has 2 aromatic rings. The summed E-state index contributed by atoms with van der Waals surface area (Å²) in [4.78, 5) is 0. The predicted octanol–water partition coefficient (Wildman–Crippen LogP) is 4.09. The van der Waals surface area contributed by atoms with Gasteiger partial charge in [-0.05, 0) is 36.2 Å². The van der Waals surface area contributed by atoms with Crippen LogP contribution in [0.25, 0.3) is 0 Å². The van der Waals surface area contributed by atoms with Gasteiger partial charge in [-0.2, -0.15) is 0 Å². The molecule has 0 fully saturated rings. The minimum absolute atomic E-state index is 0.466. The Hall–Kier alpha value is -1.74. The molecule has 0 aliphatic carbocycles. The second-order valence-corrected chi connectivity index (χ2v) is 5.22. The lowest BCUT2D eigenvalue weighted by Crippen LogP contribution is -2.10. The van der Waals surface area contributed by atoms with Gasteiger partial charge in [0.2, 0.25) is 0 Å². The zero-order valence-corrected chi connectivity index (χ0v) is 12.5. The van der Waals surface area contributed by atoms with Crippen molar-refractivity contribution >= 4 is 0 Å². The monoisotopic (exact) mass is 273 g/mol. The quantitative estimate of drug-likeness (QED) is 0.825. The van der Waals surface area contributed by atoms with E-state index in [0.29, 0.717) is 12.5 Å². The summed E-state index contributed by atoms with van der Waals surface area (Å²) in [6.45, 7) is 8.71. The molecule has 3 heteroatoms. The maximum absolute atomic E-state index is 5.79. The first-order valence-electron chi connectivity index (χ1n) is 7.18. The van der Waals surface area contributed by atoms with Crippen LogP contribution in [-0.2, 0) is 13.2 Å². The molecular formula is C17H23NO2. The van der Waals surface area contributed by atoms with Crippen LogP contribution in [0.2, 0.25) is 0 Å². The van der Waals surface area contributed by atoms with Crippen molar-refractivity contribution in [3.8, 4) is 5.75 Å². The molecule has 108 valence electrons.